The number of halogens is 2. The van der Waals surface area contributed by atoms with Crippen molar-refractivity contribution in [3.8, 4) is 0 Å². The molecule has 2 rings (SSSR count). The highest BCUT2D eigenvalue weighted by Crippen LogP contribution is 2.19. The number of nitrogens with zero attached hydrogens (tertiary/aromatic N) is 2. The van der Waals surface area contributed by atoms with E-state index in [2.05, 4.69) is 10.4 Å². The number of rotatable bonds is 5. The van der Waals surface area contributed by atoms with E-state index in [1.807, 2.05) is 13.8 Å². The van der Waals surface area contributed by atoms with Crippen LogP contribution in [0.4, 0.5) is 10.1 Å². The molecule has 1 N–H and O–H groups in total. The van der Waals surface area contributed by atoms with Crippen molar-refractivity contribution in [3.63, 3.8) is 0 Å². The molecule has 0 saturated carbocycles. The Bertz CT molecular complexity index is 642. The largest absolute Gasteiger partial charge is 0.323 e. The lowest BCUT2D eigenvalue weighted by atomic mass is 10.1. The maximum Gasteiger partial charge on any atom is 0.227 e. The number of hydrogen-bond donors (Lipinski definition) is 1. The minimum Gasteiger partial charge on any atom is -0.323 e. The van der Waals surface area contributed by atoms with Gasteiger partial charge in [0.2, 0.25) is 5.91 Å². The summed E-state index contributed by atoms with van der Waals surface area (Å²) < 4.78 is 14.6. The van der Waals surface area contributed by atoms with E-state index in [0.29, 0.717) is 17.3 Å². The average Bonchev–Trinajstić information content (AvgIpc) is 2.88. The summed E-state index contributed by atoms with van der Waals surface area (Å²) in [7, 11) is 0. The average molecular weight is 310 g/mol. The second-order valence-corrected chi connectivity index (χ2v) is 5.37. The van der Waals surface area contributed by atoms with Crippen molar-refractivity contribution in [2.75, 3.05) is 5.32 Å². The first-order valence-corrected chi connectivity index (χ1v) is 7.14. The number of amides is 1. The summed E-state index contributed by atoms with van der Waals surface area (Å²) in [6.07, 6.45) is 4.09. The van der Waals surface area contributed by atoms with Gasteiger partial charge in [-0.3, -0.25) is 9.48 Å². The number of hydrogen-bond acceptors (Lipinski definition) is 2. The van der Waals surface area contributed by atoms with E-state index in [4.69, 9.17) is 11.6 Å². The highest BCUT2D eigenvalue weighted by molar-refractivity contribution is 6.31. The van der Waals surface area contributed by atoms with Gasteiger partial charge in [-0.25, -0.2) is 4.39 Å². The van der Waals surface area contributed by atoms with E-state index in [1.165, 1.54) is 12.1 Å². The molecule has 0 radical (unpaired) electrons. The van der Waals surface area contributed by atoms with E-state index in [-0.39, 0.29) is 17.6 Å². The quantitative estimate of drug-likeness (QED) is 0.915. The zero-order valence-electron chi connectivity index (χ0n) is 11.9. The molecule has 112 valence electrons. The summed E-state index contributed by atoms with van der Waals surface area (Å²) in [5.74, 6) is -0.442. The maximum atomic E-state index is 13.0. The van der Waals surface area contributed by atoms with Crippen LogP contribution in [-0.4, -0.2) is 15.7 Å². The smallest absolute Gasteiger partial charge is 0.227 e. The lowest BCUT2D eigenvalue weighted by Gasteiger charge is -2.07. The normalized spacial score (nSPS) is 12.2. The molecule has 1 heterocycles. The third kappa shape index (κ3) is 4.04. The van der Waals surface area contributed by atoms with Gasteiger partial charge < -0.3 is 5.32 Å². The Balaban J connectivity index is 2.05. The molecule has 2 aromatic rings. The first kappa shape index (κ1) is 15.5. The molecular weight excluding hydrogens is 293 g/mol. The molecule has 0 aliphatic carbocycles. The molecule has 0 bridgehead atoms. The molecule has 0 saturated heterocycles. The van der Waals surface area contributed by atoms with E-state index in [9.17, 15) is 9.18 Å². The summed E-state index contributed by atoms with van der Waals surface area (Å²) in [4.78, 5) is 11.8. The van der Waals surface area contributed by atoms with E-state index in [1.54, 1.807) is 23.1 Å². The summed E-state index contributed by atoms with van der Waals surface area (Å²) in [6, 6.07) is 4.25. The molecule has 1 amide bonds. The number of anilines is 1. The van der Waals surface area contributed by atoms with Gasteiger partial charge in [0, 0.05) is 17.1 Å². The topological polar surface area (TPSA) is 46.9 Å². The summed E-state index contributed by atoms with van der Waals surface area (Å²) in [6.45, 7) is 4.25. The van der Waals surface area contributed by atoms with Gasteiger partial charge in [-0.05, 0) is 24.1 Å². The van der Waals surface area contributed by atoms with E-state index < -0.39 is 0 Å². The third-order valence-electron chi connectivity index (χ3n) is 3.31. The summed E-state index contributed by atoms with van der Waals surface area (Å²) >= 11 is 5.98. The second kappa shape index (κ2) is 6.72. The van der Waals surface area contributed by atoms with Crippen molar-refractivity contribution in [2.24, 2.45) is 5.92 Å². The molecule has 1 aromatic heterocycles. The van der Waals surface area contributed by atoms with Crippen LogP contribution >= 0.6 is 11.6 Å². The fourth-order valence-electron chi connectivity index (χ4n) is 1.79. The van der Waals surface area contributed by atoms with Gasteiger partial charge in [0.05, 0.1) is 18.4 Å². The monoisotopic (exact) mass is 309 g/mol. The predicted molar refractivity (Wildman–Crippen MR) is 80.8 cm³/mol. The zero-order valence-corrected chi connectivity index (χ0v) is 12.7. The second-order valence-electron chi connectivity index (χ2n) is 4.96. The van der Waals surface area contributed by atoms with Gasteiger partial charge in [0.1, 0.15) is 5.82 Å². The van der Waals surface area contributed by atoms with Crippen LogP contribution in [0.3, 0.4) is 0 Å². The molecule has 0 fully saturated rings. The molecule has 21 heavy (non-hydrogen) atoms. The highest BCUT2D eigenvalue weighted by atomic mass is 35.5. The molecule has 1 atom stereocenters. The lowest BCUT2D eigenvalue weighted by Crippen LogP contribution is -2.19. The van der Waals surface area contributed by atoms with Crippen LogP contribution in [0.2, 0.25) is 5.02 Å². The van der Waals surface area contributed by atoms with Gasteiger partial charge in [-0.1, -0.05) is 31.5 Å². The fourth-order valence-corrected chi connectivity index (χ4v) is 2.02. The number of carbonyl (C=O) groups is 1. The van der Waals surface area contributed by atoms with E-state index in [0.717, 1.165) is 12.0 Å². The Kier molecular flexibility index (Phi) is 4.96. The molecular formula is C15H17ClFN3O. The third-order valence-corrected chi connectivity index (χ3v) is 3.66. The van der Waals surface area contributed by atoms with Crippen molar-refractivity contribution in [1.82, 2.24) is 9.78 Å². The van der Waals surface area contributed by atoms with Gasteiger partial charge in [-0.15, -0.1) is 0 Å². The Morgan fingerprint density at radius 1 is 1.52 bits per heavy atom. The van der Waals surface area contributed by atoms with Crippen LogP contribution in [0.1, 0.15) is 25.8 Å². The molecule has 0 aliphatic rings. The predicted octanol–water partition coefficient (Wildman–Crippen LogP) is 3.71. The summed E-state index contributed by atoms with van der Waals surface area (Å²) in [5.41, 5.74) is 1.40. The number of carbonyl (C=O) groups excluding carboxylic acids is 1. The van der Waals surface area contributed by atoms with Crippen LogP contribution in [0.15, 0.2) is 30.6 Å². The lowest BCUT2D eigenvalue weighted by molar-refractivity contribution is -0.119. The van der Waals surface area contributed by atoms with Crippen LogP contribution in [0.5, 0.6) is 0 Å². The Labute approximate surface area is 127 Å². The fraction of sp³-hybridized carbons (Fsp3) is 0.333. The maximum absolute atomic E-state index is 13.0. The van der Waals surface area contributed by atoms with Crippen LogP contribution in [0, 0.1) is 11.7 Å². The molecule has 4 nitrogen and oxygen atoms in total. The van der Waals surface area contributed by atoms with Crippen molar-refractivity contribution in [2.45, 2.75) is 26.8 Å². The van der Waals surface area contributed by atoms with Crippen molar-refractivity contribution in [3.05, 3.63) is 47.0 Å². The SMILES string of the molecule is CC[C@H](C)C(=O)Nc1cnn(Cc2ccc(F)cc2Cl)c1. The van der Waals surface area contributed by atoms with E-state index >= 15 is 0 Å². The number of aromatic nitrogens is 2. The Hall–Kier alpha value is -1.88. The first-order chi connectivity index (χ1) is 9.99. The summed E-state index contributed by atoms with van der Waals surface area (Å²) in [5, 5.41) is 7.33. The highest BCUT2D eigenvalue weighted by Gasteiger charge is 2.11. The Morgan fingerprint density at radius 2 is 2.29 bits per heavy atom. The van der Waals surface area contributed by atoms with Crippen LogP contribution < -0.4 is 5.32 Å². The van der Waals surface area contributed by atoms with Gasteiger partial charge in [-0.2, -0.15) is 5.10 Å². The Morgan fingerprint density at radius 3 is 2.95 bits per heavy atom. The van der Waals surface area contributed by atoms with Gasteiger partial charge in [0.15, 0.2) is 0 Å². The van der Waals surface area contributed by atoms with Gasteiger partial charge in [0.25, 0.3) is 0 Å². The minimum atomic E-state index is -0.370. The first-order valence-electron chi connectivity index (χ1n) is 6.77. The standard InChI is InChI=1S/C15H17ClFN3O/c1-3-10(2)15(21)19-13-7-18-20(9-13)8-11-4-5-12(17)6-14(11)16/h4-7,9-10H,3,8H2,1-2H3,(H,19,21)/t10-/m0/s1. The molecule has 1 aromatic carbocycles. The zero-order chi connectivity index (χ0) is 15.4. The number of benzene rings is 1. The molecule has 0 spiro atoms. The molecule has 0 unspecified atom stereocenters. The van der Waals surface area contributed by atoms with Gasteiger partial charge >= 0.3 is 0 Å². The van der Waals surface area contributed by atoms with Crippen molar-refractivity contribution < 1.29 is 9.18 Å². The van der Waals surface area contributed by atoms with Crippen LogP contribution in [-0.2, 0) is 11.3 Å². The van der Waals surface area contributed by atoms with Crippen LogP contribution in [0.25, 0.3) is 0 Å². The van der Waals surface area contributed by atoms with Crippen molar-refractivity contribution >= 4 is 23.2 Å². The molecule has 0 aliphatic heterocycles. The van der Waals surface area contributed by atoms with Crippen molar-refractivity contribution in [1.29, 1.82) is 0 Å². The minimum absolute atomic E-state index is 0.0307. The molecule has 6 heteroatoms. The number of nitrogens with one attached hydrogen (secondary N) is 1.